The van der Waals surface area contributed by atoms with Crippen LogP contribution in [0.25, 0.3) is 11.1 Å². The van der Waals surface area contributed by atoms with Gasteiger partial charge in [-0.2, -0.15) is 0 Å². The molecular formula is C22H17F2N3O2. The predicted molar refractivity (Wildman–Crippen MR) is 107 cm³/mol. The third-order valence-corrected chi connectivity index (χ3v) is 4.21. The molecule has 0 spiro atoms. The van der Waals surface area contributed by atoms with Crippen molar-refractivity contribution >= 4 is 17.6 Å². The van der Waals surface area contributed by atoms with E-state index in [1.807, 2.05) is 13.0 Å². The van der Waals surface area contributed by atoms with Gasteiger partial charge in [-0.15, -0.1) is 0 Å². The van der Waals surface area contributed by atoms with E-state index < -0.39 is 23.1 Å². The number of anilines is 1. The summed E-state index contributed by atoms with van der Waals surface area (Å²) in [6, 6.07) is 11.8. The first-order chi connectivity index (χ1) is 13.9. The first kappa shape index (κ1) is 19.9. The van der Waals surface area contributed by atoms with E-state index in [2.05, 4.69) is 16.9 Å². The fourth-order valence-electron chi connectivity index (χ4n) is 2.75. The van der Waals surface area contributed by atoms with Crippen molar-refractivity contribution in [2.75, 3.05) is 5.32 Å². The zero-order valence-corrected chi connectivity index (χ0v) is 15.5. The van der Waals surface area contributed by atoms with Gasteiger partial charge in [0.25, 0.3) is 5.91 Å². The van der Waals surface area contributed by atoms with Crippen LogP contribution < -0.4 is 5.32 Å². The number of hydrogen-bond acceptors (Lipinski definition) is 4. The van der Waals surface area contributed by atoms with E-state index in [-0.39, 0.29) is 11.7 Å². The largest absolute Gasteiger partial charge is 0.447 e. The van der Waals surface area contributed by atoms with Crippen molar-refractivity contribution in [1.29, 1.82) is 5.41 Å². The summed E-state index contributed by atoms with van der Waals surface area (Å²) >= 11 is 0. The highest BCUT2D eigenvalue weighted by Crippen LogP contribution is 2.25. The minimum atomic E-state index is -0.948. The Kier molecular flexibility index (Phi) is 5.78. The highest BCUT2D eigenvalue weighted by Gasteiger charge is 2.17. The number of hydrogen-bond donors (Lipinski definition) is 2. The number of carbonyl (C=O) groups excluding carboxylic acids is 1. The van der Waals surface area contributed by atoms with Crippen LogP contribution in [0.15, 0.2) is 67.6 Å². The van der Waals surface area contributed by atoms with Gasteiger partial charge in [0.15, 0.2) is 0 Å². The molecule has 0 atom stereocenters. The maximum Gasteiger partial charge on any atom is 0.262 e. The standard InChI is InChI=1S/C22H17F2N3O2/c1-3-29-21(25)14-8-7-13(2)16(11-14)15-9-10-19(26-12-15)27-22(28)20-17(23)5-4-6-18(20)24/h3-12,25H,1H2,2H3,(H,26,27,28). The Balaban J connectivity index is 1.84. The summed E-state index contributed by atoms with van der Waals surface area (Å²) in [7, 11) is 0. The molecule has 0 bridgehead atoms. The molecule has 3 aromatic rings. The number of nitrogens with zero attached hydrogens (tertiary/aromatic N) is 1. The lowest BCUT2D eigenvalue weighted by Crippen LogP contribution is -2.16. The second-order valence-corrected chi connectivity index (χ2v) is 6.13. The summed E-state index contributed by atoms with van der Waals surface area (Å²) in [6.45, 7) is 5.35. The number of benzene rings is 2. The molecule has 146 valence electrons. The average Bonchev–Trinajstić information content (AvgIpc) is 2.69. The lowest BCUT2D eigenvalue weighted by Gasteiger charge is -2.11. The third kappa shape index (κ3) is 4.35. The van der Waals surface area contributed by atoms with Crippen LogP contribution in [-0.2, 0) is 4.74 Å². The number of ether oxygens (including phenoxy) is 1. The molecule has 0 saturated heterocycles. The van der Waals surface area contributed by atoms with Crippen LogP contribution in [0.5, 0.6) is 0 Å². The summed E-state index contributed by atoms with van der Waals surface area (Å²) in [4.78, 5) is 16.3. The number of carbonyl (C=O) groups is 1. The highest BCUT2D eigenvalue weighted by molar-refractivity contribution is 6.04. The first-order valence-electron chi connectivity index (χ1n) is 8.59. The molecule has 0 unspecified atom stereocenters. The summed E-state index contributed by atoms with van der Waals surface area (Å²) in [5.74, 6) is -2.71. The van der Waals surface area contributed by atoms with Crippen molar-refractivity contribution in [2.24, 2.45) is 0 Å². The average molecular weight is 393 g/mol. The molecule has 0 radical (unpaired) electrons. The van der Waals surface area contributed by atoms with Crippen molar-refractivity contribution in [3.63, 3.8) is 0 Å². The summed E-state index contributed by atoms with van der Waals surface area (Å²) < 4.78 is 32.5. The minimum Gasteiger partial charge on any atom is -0.447 e. The molecule has 5 nitrogen and oxygen atoms in total. The molecule has 1 amide bonds. The molecule has 2 N–H and O–H groups in total. The number of halogens is 2. The quantitative estimate of drug-likeness (QED) is 0.361. The van der Waals surface area contributed by atoms with Crippen molar-refractivity contribution in [2.45, 2.75) is 6.92 Å². The van der Waals surface area contributed by atoms with Gasteiger partial charge in [0.2, 0.25) is 5.90 Å². The number of rotatable bonds is 5. The SMILES string of the molecule is C=COC(=N)c1ccc(C)c(-c2ccc(NC(=O)c3c(F)cccc3F)nc2)c1. The molecule has 7 heteroatoms. The third-order valence-electron chi connectivity index (χ3n) is 4.21. The summed E-state index contributed by atoms with van der Waals surface area (Å²) in [6.07, 6.45) is 2.71. The maximum absolute atomic E-state index is 13.7. The van der Waals surface area contributed by atoms with Gasteiger partial charge in [-0.1, -0.05) is 18.7 Å². The van der Waals surface area contributed by atoms with Crippen molar-refractivity contribution in [3.8, 4) is 11.1 Å². The van der Waals surface area contributed by atoms with E-state index in [1.54, 1.807) is 18.2 Å². The van der Waals surface area contributed by atoms with E-state index in [0.29, 0.717) is 5.56 Å². The number of nitrogens with one attached hydrogen (secondary N) is 2. The van der Waals surface area contributed by atoms with E-state index in [4.69, 9.17) is 10.1 Å². The zero-order valence-electron chi connectivity index (χ0n) is 15.5. The molecule has 29 heavy (non-hydrogen) atoms. The van der Waals surface area contributed by atoms with Gasteiger partial charge in [0.05, 0.1) is 6.26 Å². The molecule has 2 aromatic carbocycles. The van der Waals surface area contributed by atoms with Crippen molar-refractivity contribution < 1.29 is 18.3 Å². The molecular weight excluding hydrogens is 376 g/mol. The fraction of sp³-hybridized carbons (Fsp3) is 0.0455. The number of pyridine rings is 1. The Hall–Kier alpha value is -3.87. The molecule has 0 saturated carbocycles. The van der Waals surface area contributed by atoms with Gasteiger partial charge >= 0.3 is 0 Å². The Morgan fingerprint density at radius 3 is 2.52 bits per heavy atom. The van der Waals surface area contributed by atoms with Gasteiger partial charge in [-0.05, 0) is 54.4 Å². The monoisotopic (exact) mass is 393 g/mol. The van der Waals surface area contributed by atoms with Crippen LogP contribution in [0.3, 0.4) is 0 Å². The molecule has 0 aliphatic carbocycles. The van der Waals surface area contributed by atoms with Gasteiger partial charge in [0.1, 0.15) is 23.0 Å². The van der Waals surface area contributed by atoms with Crippen molar-refractivity contribution in [1.82, 2.24) is 4.98 Å². The van der Waals surface area contributed by atoms with Gasteiger partial charge < -0.3 is 10.1 Å². The summed E-state index contributed by atoms with van der Waals surface area (Å²) in [5, 5.41) is 10.3. The second kappa shape index (κ2) is 8.43. The zero-order chi connectivity index (χ0) is 21.0. The van der Waals surface area contributed by atoms with Crippen LogP contribution in [0, 0.1) is 24.0 Å². The molecule has 1 heterocycles. The molecule has 0 fully saturated rings. The maximum atomic E-state index is 13.7. The number of aromatic nitrogens is 1. The van der Waals surface area contributed by atoms with E-state index in [9.17, 15) is 13.6 Å². The van der Waals surface area contributed by atoms with Gasteiger partial charge in [-0.25, -0.2) is 13.8 Å². The number of amides is 1. The van der Waals surface area contributed by atoms with Gasteiger partial charge in [-0.3, -0.25) is 10.2 Å². The van der Waals surface area contributed by atoms with Crippen LogP contribution in [-0.4, -0.2) is 16.8 Å². The molecule has 3 rings (SSSR count). The Morgan fingerprint density at radius 2 is 1.90 bits per heavy atom. The lowest BCUT2D eigenvalue weighted by molar-refractivity contribution is 0.101. The summed E-state index contributed by atoms with van der Waals surface area (Å²) in [5.41, 5.74) is 2.42. The van der Waals surface area contributed by atoms with E-state index >= 15 is 0 Å². The Morgan fingerprint density at radius 1 is 1.17 bits per heavy atom. The minimum absolute atomic E-state index is 0.0370. The number of aryl methyl sites for hydroxylation is 1. The molecule has 1 aromatic heterocycles. The highest BCUT2D eigenvalue weighted by atomic mass is 19.1. The van der Waals surface area contributed by atoms with Gasteiger partial charge in [0, 0.05) is 17.3 Å². The van der Waals surface area contributed by atoms with E-state index in [1.165, 1.54) is 24.6 Å². The molecule has 0 aliphatic rings. The van der Waals surface area contributed by atoms with Crippen molar-refractivity contribution in [3.05, 3.63) is 95.9 Å². The fourth-order valence-corrected chi connectivity index (χ4v) is 2.75. The van der Waals surface area contributed by atoms with Crippen LogP contribution in [0.4, 0.5) is 14.6 Å². The van der Waals surface area contributed by atoms with Crippen LogP contribution in [0.2, 0.25) is 0 Å². The Labute approximate surface area is 166 Å². The normalized spacial score (nSPS) is 10.3. The lowest BCUT2D eigenvalue weighted by atomic mass is 9.99. The Bertz CT molecular complexity index is 1080. The molecule has 0 aliphatic heterocycles. The predicted octanol–water partition coefficient (Wildman–Crippen LogP) is 5.07. The first-order valence-corrected chi connectivity index (χ1v) is 8.59. The second-order valence-electron chi connectivity index (χ2n) is 6.13. The smallest absolute Gasteiger partial charge is 0.262 e. The van der Waals surface area contributed by atoms with Crippen LogP contribution >= 0.6 is 0 Å². The van der Waals surface area contributed by atoms with Crippen LogP contribution in [0.1, 0.15) is 21.5 Å². The van der Waals surface area contributed by atoms with E-state index in [0.717, 1.165) is 28.8 Å². The topological polar surface area (TPSA) is 75.1 Å².